The molecule has 0 radical (unpaired) electrons. The van der Waals surface area contributed by atoms with Gasteiger partial charge >= 0.3 is 18.7 Å². The molecule has 20 heavy (non-hydrogen) atoms. The molecule has 0 amide bonds. The minimum absolute atomic E-state index is 0.318. The zero-order valence-corrected chi connectivity index (χ0v) is 8.84. The average molecular weight is 316 g/mol. The fourth-order valence-corrected chi connectivity index (χ4v) is 1.21. The minimum Gasteiger partial charge on any atom is -0.402 e. The Morgan fingerprint density at radius 2 is 1.10 bits per heavy atom. The molecule has 0 bridgehead atoms. The molecular weight excluding hydrogens is 314 g/mol. The van der Waals surface area contributed by atoms with Crippen molar-refractivity contribution in [3.8, 4) is 5.75 Å². The van der Waals surface area contributed by atoms with Crippen LogP contribution >= 0.6 is 0 Å². The van der Waals surface area contributed by atoms with E-state index in [0.29, 0.717) is 0 Å². The van der Waals surface area contributed by atoms with Crippen molar-refractivity contribution < 1.29 is 48.6 Å². The third-order valence-electron chi connectivity index (χ3n) is 1.93. The third kappa shape index (κ3) is 3.67. The first-order chi connectivity index (χ1) is 8.73. The maximum atomic E-state index is 13.2. The molecule has 0 N–H and O–H groups in total. The van der Waals surface area contributed by atoms with E-state index in [9.17, 15) is 43.9 Å². The summed E-state index contributed by atoms with van der Waals surface area (Å²) in [6.45, 7) is 0. The average Bonchev–Trinajstić information content (AvgIpc) is 2.15. The highest BCUT2D eigenvalue weighted by Crippen LogP contribution is 2.44. The van der Waals surface area contributed by atoms with Gasteiger partial charge in [-0.15, -0.1) is 13.2 Å². The van der Waals surface area contributed by atoms with Crippen molar-refractivity contribution in [3.05, 3.63) is 29.1 Å². The Hall–Kier alpha value is -1.68. The number of benzene rings is 1. The van der Waals surface area contributed by atoms with Crippen molar-refractivity contribution in [1.82, 2.24) is 0 Å². The lowest BCUT2D eigenvalue weighted by Crippen LogP contribution is -2.22. The Morgan fingerprint density at radius 3 is 1.45 bits per heavy atom. The van der Waals surface area contributed by atoms with Gasteiger partial charge in [-0.25, -0.2) is 4.39 Å². The molecule has 0 saturated heterocycles. The summed E-state index contributed by atoms with van der Waals surface area (Å²) in [7, 11) is 0. The Balaban J connectivity index is 3.55. The topological polar surface area (TPSA) is 9.23 Å². The second-order valence-corrected chi connectivity index (χ2v) is 3.35. The highest BCUT2D eigenvalue weighted by molar-refractivity contribution is 5.42. The smallest absolute Gasteiger partial charge is 0.402 e. The molecule has 0 aliphatic rings. The number of halogens is 10. The van der Waals surface area contributed by atoms with Crippen LogP contribution in [0.5, 0.6) is 5.75 Å². The van der Waals surface area contributed by atoms with Crippen molar-refractivity contribution in [2.45, 2.75) is 18.7 Å². The van der Waals surface area contributed by atoms with Crippen LogP contribution in [0.2, 0.25) is 0 Å². The highest BCUT2D eigenvalue weighted by Gasteiger charge is 2.45. The van der Waals surface area contributed by atoms with E-state index in [-0.39, 0.29) is 12.1 Å². The zero-order chi connectivity index (χ0) is 15.9. The SMILES string of the molecule is Fc1c(C(F)(F)F)ccc(C(F)(F)F)c1OC(F)(F)F. The van der Waals surface area contributed by atoms with Crippen molar-refractivity contribution in [1.29, 1.82) is 0 Å². The van der Waals surface area contributed by atoms with Crippen LogP contribution in [0.1, 0.15) is 11.1 Å². The number of ether oxygens (including phenoxy) is 1. The third-order valence-corrected chi connectivity index (χ3v) is 1.93. The molecule has 0 atom stereocenters. The molecule has 0 unspecified atom stereocenters. The van der Waals surface area contributed by atoms with Gasteiger partial charge in [-0.1, -0.05) is 0 Å². The van der Waals surface area contributed by atoms with Gasteiger partial charge in [0.15, 0.2) is 11.6 Å². The lowest BCUT2D eigenvalue weighted by molar-refractivity contribution is -0.277. The van der Waals surface area contributed by atoms with Gasteiger partial charge in [0.2, 0.25) is 0 Å². The van der Waals surface area contributed by atoms with Crippen LogP contribution in [0.4, 0.5) is 43.9 Å². The molecule has 0 aliphatic carbocycles. The van der Waals surface area contributed by atoms with Gasteiger partial charge in [0.05, 0.1) is 5.56 Å². The molecule has 0 fully saturated rings. The van der Waals surface area contributed by atoms with Gasteiger partial charge in [0, 0.05) is 0 Å². The van der Waals surface area contributed by atoms with Gasteiger partial charge in [-0.05, 0) is 12.1 Å². The van der Waals surface area contributed by atoms with Gasteiger partial charge in [0.25, 0.3) is 0 Å². The van der Waals surface area contributed by atoms with E-state index in [2.05, 4.69) is 4.74 Å². The summed E-state index contributed by atoms with van der Waals surface area (Å²) in [6, 6.07) is -0.658. The van der Waals surface area contributed by atoms with Crippen molar-refractivity contribution in [2.24, 2.45) is 0 Å². The predicted molar refractivity (Wildman–Crippen MR) is 43.1 cm³/mol. The lowest BCUT2D eigenvalue weighted by Gasteiger charge is -2.18. The summed E-state index contributed by atoms with van der Waals surface area (Å²) in [5, 5.41) is 0. The van der Waals surface area contributed by atoms with Crippen LogP contribution < -0.4 is 4.74 Å². The summed E-state index contributed by atoms with van der Waals surface area (Å²) in [4.78, 5) is 0. The molecule has 0 aromatic heterocycles. The van der Waals surface area contributed by atoms with E-state index in [4.69, 9.17) is 0 Å². The summed E-state index contributed by atoms with van der Waals surface area (Å²) in [5.41, 5.74) is -4.61. The Bertz CT molecular complexity index is 495. The monoisotopic (exact) mass is 316 g/mol. The molecule has 1 nitrogen and oxygen atoms in total. The maximum absolute atomic E-state index is 13.2. The molecule has 1 aromatic rings. The van der Waals surface area contributed by atoms with Crippen LogP contribution in [0.3, 0.4) is 0 Å². The van der Waals surface area contributed by atoms with Crippen molar-refractivity contribution in [3.63, 3.8) is 0 Å². The first-order valence-electron chi connectivity index (χ1n) is 4.46. The lowest BCUT2D eigenvalue weighted by atomic mass is 10.1. The predicted octanol–water partition coefficient (Wildman–Crippen LogP) is 4.76. The van der Waals surface area contributed by atoms with Gasteiger partial charge in [-0.3, -0.25) is 0 Å². The largest absolute Gasteiger partial charge is 0.573 e. The second kappa shape index (κ2) is 4.70. The van der Waals surface area contributed by atoms with Crippen molar-refractivity contribution in [2.75, 3.05) is 0 Å². The van der Waals surface area contributed by atoms with Gasteiger partial charge in [0.1, 0.15) is 5.56 Å². The zero-order valence-electron chi connectivity index (χ0n) is 8.84. The first kappa shape index (κ1) is 16.4. The van der Waals surface area contributed by atoms with E-state index >= 15 is 0 Å². The summed E-state index contributed by atoms with van der Waals surface area (Å²) >= 11 is 0. The van der Waals surface area contributed by atoms with E-state index in [1.165, 1.54) is 0 Å². The number of hydrogen-bond donors (Lipinski definition) is 0. The van der Waals surface area contributed by atoms with Crippen LogP contribution in [-0.2, 0) is 12.4 Å². The van der Waals surface area contributed by atoms with Crippen molar-refractivity contribution >= 4 is 0 Å². The summed E-state index contributed by atoms with van der Waals surface area (Å²) < 4.78 is 125. The van der Waals surface area contributed by atoms with Crippen LogP contribution in [0.25, 0.3) is 0 Å². The maximum Gasteiger partial charge on any atom is 0.573 e. The van der Waals surface area contributed by atoms with E-state index in [1.807, 2.05) is 0 Å². The van der Waals surface area contributed by atoms with E-state index in [1.54, 1.807) is 0 Å². The quantitative estimate of drug-likeness (QED) is 0.679. The standard InChI is InChI=1S/C9H2F10O/c10-5-3(7(11,12)13)1-2-4(8(14,15)16)6(5)20-9(17,18)19/h1-2H. The molecular formula is C9H2F10O. The second-order valence-electron chi connectivity index (χ2n) is 3.35. The molecule has 0 saturated carbocycles. The van der Waals surface area contributed by atoms with E-state index in [0.717, 1.165) is 0 Å². The molecule has 0 aliphatic heterocycles. The fourth-order valence-electron chi connectivity index (χ4n) is 1.21. The Labute approximate surface area is 103 Å². The molecule has 11 heteroatoms. The van der Waals surface area contributed by atoms with E-state index < -0.39 is 41.4 Å². The molecule has 1 aromatic carbocycles. The number of hydrogen-bond acceptors (Lipinski definition) is 1. The first-order valence-corrected chi connectivity index (χ1v) is 4.46. The summed E-state index contributed by atoms with van der Waals surface area (Å²) in [5.74, 6) is -5.36. The number of alkyl halides is 9. The Kier molecular flexibility index (Phi) is 3.85. The normalized spacial score (nSPS) is 13.5. The fraction of sp³-hybridized carbons (Fsp3) is 0.333. The summed E-state index contributed by atoms with van der Waals surface area (Å²) in [6.07, 6.45) is -16.8. The van der Waals surface area contributed by atoms with Gasteiger partial charge in [-0.2, -0.15) is 26.3 Å². The molecule has 114 valence electrons. The minimum atomic E-state index is -5.79. The van der Waals surface area contributed by atoms with Crippen LogP contribution in [-0.4, -0.2) is 6.36 Å². The highest BCUT2D eigenvalue weighted by atomic mass is 19.4. The Morgan fingerprint density at radius 1 is 0.700 bits per heavy atom. The van der Waals surface area contributed by atoms with Gasteiger partial charge < -0.3 is 4.74 Å². The molecule has 0 spiro atoms. The molecule has 1 rings (SSSR count). The van der Waals surface area contributed by atoms with Crippen LogP contribution in [0, 0.1) is 5.82 Å². The van der Waals surface area contributed by atoms with Crippen LogP contribution in [0.15, 0.2) is 12.1 Å². The molecule has 0 heterocycles. The number of rotatable bonds is 1.